The van der Waals surface area contributed by atoms with Gasteiger partial charge in [0.1, 0.15) is 0 Å². The molecule has 0 spiro atoms. The van der Waals surface area contributed by atoms with Crippen LogP contribution in [0.3, 0.4) is 0 Å². The molecule has 0 radical (unpaired) electrons. The predicted octanol–water partition coefficient (Wildman–Crippen LogP) is 3.09. The summed E-state index contributed by atoms with van der Waals surface area (Å²) in [6.07, 6.45) is 3.31. The summed E-state index contributed by atoms with van der Waals surface area (Å²) in [5.41, 5.74) is 3.45. The van der Waals surface area contributed by atoms with Gasteiger partial charge in [0.2, 0.25) is 5.89 Å². The minimum atomic E-state index is -3.68. The zero-order valence-corrected chi connectivity index (χ0v) is 13.7. The number of anilines is 1. The molecule has 1 aromatic carbocycles. The van der Waals surface area contributed by atoms with Gasteiger partial charge < -0.3 is 4.42 Å². The van der Waals surface area contributed by atoms with Gasteiger partial charge in [-0.3, -0.25) is 0 Å². The van der Waals surface area contributed by atoms with Crippen LogP contribution < -0.4 is 4.72 Å². The fourth-order valence-corrected chi connectivity index (χ4v) is 4.62. The molecule has 8 heteroatoms. The van der Waals surface area contributed by atoms with Crippen molar-refractivity contribution in [1.82, 2.24) is 10.2 Å². The second-order valence-corrected chi connectivity index (χ2v) is 7.78. The van der Waals surface area contributed by atoms with Gasteiger partial charge in [0, 0.05) is 10.9 Å². The number of benzene rings is 1. The van der Waals surface area contributed by atoms with Gasteiger partial charge in [-0.1, -0.05) is 11.2 Å². The molecule has 1 aliphatic rings. The Morgan fingerprint density at radius 1 is 1.13 bits per heavy atom. The van der Waals surface area contributed by atoms with Crippen LogP contribution >= 0.6 is 11.3 Å². The van der Waals surface area contributed by atoms with E-state index < -0.39 is 10.0 Å². The lowest BCUT2D eigenvalue weighted by Gasteiger charge is -2.02. The maximum absolute atomic E-state index is 12.1. The second-order valence-electron chi connectivity index (χ2n) is 5.31. The summed E-state index contributed by atoms with van der Waals surface area (Å²) in [5, 5.41) is 10.9. The van der Waals surface area contributed by atoms with E-state index in [4.69, 9.17) is 4.42 Å². The van der Waals surface area contributed by atoms with Crippen molar-refractivity contribution < 1.29 is 12.8 Å². The average molecular weight is 347 g/mol. The normalized spacial score (nSPS) is 13.9. The van der Waals surface area contributed by atoms with Crippen molar-refractivity contribution in [2.45, 2.75) is 24.2 Å². The Balaban J connectivity index is 1.60. The molecular weight excluding hydrogens is 334 g/mol. The van der Waals surface area contributed by atoms with Crippen LogP contribution in [0.25, 0.3) is 11.5 Å². The molecule has 0 bridgehead atoms. The Morgan fingerprint density at radius 2 is 2.00 bits per heavy atom. The zero-order valence-electron chi connectivity index (χ0n) is 12.0. The minimum absolute atomic E-state index is 0.133. The molecule has 118 valence electrons. The lowest BCUT2D eigenvalue weighted by molar-refractivity contribution is 0.577. The average Bonchev–Trinajstić information content (AvgIpc) is 3.27. The lowest BCUT2D eigenvalue weighted by atomic mass is 10.1. The van der Waals surface area contributed by atoms with Gasteiger partial charge in [0.05, 0.1) is 4.90 Å². The van der Waals surface area contributed by atoms with E-state index in [1.165, 1.54) is 28.5 Å². The monoisotopic (exact) mass is 347 g/mol. The first-order chi connectivity index (χ1) is 11.1. The van der Waals surface area contributed by atoms with Crippen molar-refractivity contribution in [2.75, 3.05) is 4.72 Å². The first-order valence-corrected chi connectivity index (χ1v) is 9.55. The Morgan fingerprint density at radius 3 is 2.83 bits per heavy atom. The molecule has 2 aromatic heterocycles. The van der Waals surface area contributed by atoms with Crippen LogP contribution in [0.15, 0.2) is 44.3 Å². The van der Waals surface area contributed by atoms with Crippen molar-refractivity contribution in [2.24, 2.45) is 0 Å². The molecule has 0 saturated carbocycles. The highest BCUT2D eigenvalue weighted by Crippen LogP contribution is 2.28. The minimum Gasteiger partial charge on any atom is -0.403 e. The molecule has 2 heterocycles. The summed E-state index contributed by atoms with van der Waals surface area (Å²) in [6.45, 7) is 0. The van der Waals surface area contributed by atoms with Gasteiger partial charge in [-0.2, -0.15) is 11.3 Å². The Hall–Kier alpha value is -2.19. The lowest BCUT2D eigenvalue weighted by Crippen LogP contribution is -2.12. The predicted molar refractivity (Wildman–Crippen MR) is 86.9 cm³/mol. The third-order valence-electron chi connectivity index (χ3n) is 3.80. The number of hydrogen-bond acceptors (Lipinski definition) is 6. The van der Waals surface area contributed by atoms with Crippen LogP contribution in [0.4, 0.5) is 6.01 Å². The van der Waals surface area contributed by atoms with Gasteiger partial charge in [-0.25, -0.2) is 13.1 Å². The van der Waals surface area contributed by atoms with E-state index in [0.29, 0.717) is 5.89 Å². The largest absolute Gasteiger partial charge is 0.403 e. The van der Waals surface area contributed by atoms with Crippen LogP contribution in [0.1, 0.15) is 17.5 Å². The summed E-state index contributed by atoms with van der Waals surface area (Å²) >= 11 is 1.30. The molecule has 4 rings (SSSR count). The highest BCUT2D eigenvalue weighted by molar-refractivity contribution is 7.92. The van der Waals surface area contributed by atoms with Crippen molar-refractivity contribution >= 4 is 27.4 Å². The van der Waals surface area contributed by atoms with Crippen LogP contribution in [-0.4, -0.2) is 18.6 Å². The molecule has 0 amide bonds. The molecule has 0 unspecified atom stereocenters. The molecule has 0 aliphatic heterocycles. The van der Waals surface area contributed by atoms with E-state index in [9.17, 15) is 8.42 Å². The van der Waals surface area contributed by atoms with E-state index in [1.54, 1.807) is 10.8 Å². The molecule has 23 heavy (non-hydrogen) atoms. The molecule has 3 aromatic rings. The van der Waals surface area contributed by atoms with Gasteiger partial charge >= 0.3 is 6.01 Å². The van der Waals surface area contributed by atoms with E-state index >= 15 is 0 Å². The van der Waals surface area contributed by atoms with Crippen LogP contribution in [0.2, 0.25) is 0 Å². The smallest absolute Gasteiger partial charge is 0.330 e. The fraction of sp³-hybridized carbons (Fsp3) is 0.200. The number of hydrogen-bond donors (Lipinski definition) is 1. The standard InChI is InChI=1S/C15H13N3O3S2/c19-23(20,13-6-7-22-9-13)18-15-17-16-14(21-15)12-5-4-10-2-1-3-11(10)8-12/h4-9H,1-3H2,(H,17,18). The Bertz CT molecular complexity index is 946. The fourth-order valence-electron chi connectivity index (χ4n) is 2.66. The summed E-state index contributed by atoms with van der Waals surface area (Å²) in [4.78, 5) is 0.180. The van der Waals surface area contributed by atoms with Crippen LogP contribution in [0, 0.1) is 0 Å². The van der Waals surface area contributed by atoms with Crippen LogP contribution in [0.5, 0.6) is 0 Å². The van der Waals surface area contributed by atoms with E-state index in [-0.39, 0.29) is 10.9 Å². The molecule has 0 atom stereocenters. The van der Waals surface area contributed by atoms with Gasteiger partial charge in [0.25, 0.3) is 10.0 Å². The Labute approximate surface area is 137 Å². The molecule has 6 nitrogen and oxygen atoms in total. The zero-order chi connectivity index (χ0) is 15.9. The number of rotatable bonds is 4. The summed E-state index contributed by atoms with van der Waals surface area (Å²) in [6, 6.07) is 7.41. The van der Waals surface area contributed by atoms with Gasteiger partial charge in [-0.15, -0.1) is 5.10 Å². The van der Waals surface area contributed by atoms with Crippen molar-refractivity contribution in [1.29, 1.82) is 0 Å². The van der Waals surface area contributed by atoms with E-state index in [2.05, 4.69) is 21.0 Å². The first-order valence-electron chi connectivity index (χ1n) is 7.12. The number of fused-ring (bicyclic) bond motifs is 1. The molecule has 1 aliphatic carbocycles. The number of aryl methyl sites for hydroxylation is 2. The number of nitrogens with zero attached hydrogens (tertiary/aromatic N) is 2. The molecule has 1 N–H and O–H groups in total. The second kappa shape index (κ2) is 5.47. The SMILES string of the molecule is O=S(=O)(Nc1nnc(-c2ccc3c(c2)CCC3)o1)c1ccsc1. The number of aromatic nitrogens is 2. The topological polar surface area (TPSA) is 85.1 Å². The van der Waals surface area contributed by atoms with E-state index in [1.807, 2.05) is 12.1 Å². The Kier molecular flexibility index (Phi) is 3.42. The third-order valence-corrected chi connectivity index (χ3v) is 5.95. The van der Waals surface area contributed by atoms with Crippen LogP contribution in [-0.2, 0) is 22.9 Å². The highest BCUT2D eigenvalue weighted by atomic mass is 32.2. The maximum atomic E-state index is 12.1. The summed E-state index contributed by atoms with van der Waals surface area (Å²) < 4.78 is 32.0. The molecule has 0 fully saturated rings. The van der Waals surface area contributed by atoms with Crippen molar-refractivity contribution in [3.63, 3.8) is 0 Å². The van der Waals surface area contributed by atoms with Gasteiger partial charge in [0.15, 0.2) is 0 Å². The van der Waals surface area contributed by atoms with Gasteiger partial charge in [-0.05, 0) is 54.0 Å². The summed E-state index contributed by atoms with van der Waals surface area (Å²) in [7, 11) is -3.68. The highest BCUT2D eigenvalue weighted by Gasteiger charge is 2.19. The number of sulfonamides is 1. The maximum Gasteiger partial charge on any atom is 0.330 e. The number of thiophene rings is 1. The third kappa shape index (κ3) is 2.75. The summed E-state index contributed by atoms with van der Waals surface area (Å²) in [5.74, 6) is 0.308. The van der Waals surface area contributed by atoms with E-state index in [0.717, 1.165) is 24.8 Å². The van der Waals surface area contributed by atoms with Crippen molar-refractivity contribution in [3.05, 3.63) is 46.2 Å². The molecular formula is C15H13N3O3S2. The van der Waals surface area contributed by atoms with Crippen molar-refractivity contribution in [3.8, 4) is 11.5 Å². The quantitative estimate of drug-likeness (QED) is 0.784. The first kappa shape index (κ1) is 14.4. The molecule has 0 saturated heterocycles. The number of nitrogens with one attached hydrogen (secondary N) is 1.